The van der Waals surface area contributed by atoms with Gasteiger partial charge in [0.2, 0.25) is 0 Å². The normalized spacial score (nSPS) is 20.9. The van der Waals surface area contributed by atoms with E-state index in [-0.39, 0.29) is 0 Å². The van der Waals surface area contributed by atoms with Crippen LogP contribution in [0.5, 0.6) is 0 Å². The van der Waals surface area contributed by atoms with Gasteiger partial charge in [-0.2, -0.15) is 0 Å². The second-order valence-electron chi connectivity index (χ2n) is 6.09. The van der Waals surface area contributed by atoms with Crippen LogP contribution in [0.25, 0.3) is 11.1 Å². The van der Waals surface area contributed by atoms with Crippen molar-refractivity contribution in [1.29, 1.82) is 0 Å². The Balaban J connectivity index is 1.61. The van der Waals surface area contributed by atoms with Gasteiger partial charge in [0.05, 0.1) is 0 Å². The van der Waals surface area contributed by atoms with Crippen molar-refractivity contribution in [1.82, 2.24) is 0 Å². The molecule has 20 heavy (non-hydrogen) atoms. The summed E-state index contributed by atoms with van der Waals surface area (Å²) in [6, 6.07) is 19.9. The quantitative estimate of drug-likeness (QED) is 0.558. The maximum Gasteiger partial charge on any atom is -0.0131 e. The molecule has 0 radical (unpaired) electrons. The van der Waals surface area contributed by atoms with Crippen LogP contribution in [0.3, 0.4) is 0 Å². The van der Waals surface area contributed by atoms with E-state index < -0.39 is 0 Å². The molecule has 1 aliphatic rings. The van der Waals surface area contributed by atoms with Crippen molar-refractivity contribution in [2.24, 2.45) is 5.92 Å². The third-order valence-electron chi connectivity index (χ3n) is 4.55. The van der Waals surface area contributed by atoms with E-state index in [0.717, 1.165) is 11.8 Å². The van der Waals surface area contributed by atoms with E-state index in [1.165, 1.54) is 43.2 Å². The summed E-state index contributed by atoms with van der Waals surface area (Å²) in [7, 11) is 0. The molecule has 0 heteroatoms. The minimum atomic E-state index is 0.844. The molecule has 2 atom stereocenters. The second kappa shape index (κ2) is 6.26. The van der Waals surface area contributed by atoms with Crippen molar-refractivity contribution in [2.75, 3.05) is 0 Å². The molecule has 0 bridgehead atoms. The Kier molecular flexibility index (Phi) is 4.20. The van der Waals surface area contributed by atoms with E-state index in [4.69, 9.17) is 0 Å². The molecule has 0 saturated heterocycles. The van der Waals surface area contributed by atoms with Crippen LogP contribution >= 0.6 is 0 Å². The molecule has 0 aliphatic heterocycles. The topological polar surface area (TPSA) is 0 Å². The van der Waals surface area contributed by atoms with Crippen molar-refractivity contribution in [3.05, 3.63) is 60.2 Å². The first-order chi connectivity index (χ1) is 9.88. The molecule has 2 aromatic rings. The standard InChI is InChI=1S/C20H24/c1-2-3-5-10-19-15-20(19)18-13-11-17(12-14-18)16-8-6-4-7-9-16/h4,6-9,11-14,19-20H,2-3,5,10,15H2,1H3/t19-,20+/m0/s1. The molecule has 1 saturated carbocycles. The minimum Gasteiger partial charge on any atom is -0.0654 e. The number of benzene rings is 2. The van der Waals surface area contributed by atoms with Crippen LogP contribution in [0, 0.1) is 5.92 Å². The van der Waals surface area contributed by atoms with Crippen LogP contribution in [0.2, 0.25) is 0 Å². The fraction of sp³-hybridized carbons (Fsp3) is 0.400. The monoisotopic (exact) mass is 264 g/mol. The predicted octanol–water partition coefficient (Wildman–Crippen LogP) is 6.04. The number of rotatable bonds is 6. The molecule has 0 unspecified atom stereocenters. The van der Waals surface area contributed by atoms with Gasteiger partial charge in [-0.15, -0.1) is 0 Å². The molecule has 1 fully saturated rings. The van der Waals surface area contributed by atoms with Crippen LogP contribution in [0.15, 0.2) is 54.6 Å². The second-order valence-corrected chi connectivity index (χ2v) is 6.09. The van der Waals surface area contributed by atoms with Crippen molar-refractivity contribution in [3.63, 3.8) is 0 Å². The van der Waals surface area contributed by atoms with Crippen LogP contribution in [0.1, 0.15) is 50.5 Å². The number of hydrogen-bond acceptors (Lipinski definition) is 0. The lowest BCUT2D eigenvalue weighted by Gasteiger charge is -2.04. The van der Waals surface area contributed by atoms with Crippen molar-refractivity contribution in [2.45, 2.75) is 44.9 Å². The predicted molar refractivity (Wildman–Crippen MR) is 86.9 cm³/mol. The first-order valence-corrected chi connectivity index (χ1v) is 8.04. The van der Waals surface area contributed by atoms with Crippen LogP contribution in [0.4, 0.5) is 0 Å². The molecular weight excluding hydrogens is 240 g/mol. The van der Waals surface area contributed by atoms with Gasteiger partial charge in [0.15, 0.2) is 0 Å². The number of unbranched alkanes of at least 4 members (excludes halogenated alkanes) is 2. The summed E-state index contributed by atoms with van der Waals surface area (Å²) in [5.41, 5.74) is 4.19. The van der Waals surface area contributed by atoms with Gasteiger partial charge in [-0.3, -0.25) is 0 Å². The summed E-state index contributed by atoms with van der Waals surface area (Å²) in [4.78, 5) is 0. The highest BCUT2D eigenvalue weighted by molar-refractivity contribution is 5.63. The number of hydrogen-bond donors (Lipinski definition) is 0. The largest absolute Gasteiger partial charge is 0.0654 e. The van der Waals surface area contributed by atoms with Gasteiger partial charge in [-0.05, 0) is 41.4 Å². The first kappa shape index (κ1) is 13.4. The van der Waals surface area contributed by atoms with Crippen LogP contribution in [-0.4, -0.2) is 0 Å². The molecule has 2 aromatic carbocycles. The fourth-order valence-corrected chi connectivity index (χ4v) is 3.18. The zero-order valence-corrected chi connectivity index (χ0v) is 12.4. The van der Waals surface area contributed by atoms with E-state index in [1.54, 1.807) is 5.56 Å². The van der Waals surface area contributed by atoms with Gasteiger partial charge in [0.25, 0.3) is 0 Å². The van der Waals surface area contributed by atoms with Crippen molar-refractivity contribution in [3.8, 4) is 11.1 Å². The summed E-state index contributed by atoms with van der Waals surface area (Å²) < 4.78 is 0. The molecule has 0 N–H and O–H groups in total. The molecule has 0 heterocycles. The van der Waals surface area contributed by atoms with E-state index >= 15 is 0 Å². The Morgan fingerprint density at radius 2 is 1.55 bits per heavy atom. The van der Waals surface area contributed by atoms with E-state index in [2.05, 4.69) is 61.5 Å². The van der Waals surface area contributed by atoms with E-state index in [1.807, 2.05) is 0 Å². The third-order valence-corrected chi connectivity index (χ3v) is 4.55. The molecule has 0 aromatic heterocycles. The lowest BCUT2D eigenvalue weighted by molar-refractivity contribution is 0.610. The van der Waals surface area contributed by atoms with Crippen molar-refractivity contribution >= 4 is 0 Å². The SMILES string of the molecule is CCCCC[C@H]1C[C@@H]1c1ccc(-c2ccccc2)cc1. The molecule has 3 rings (SSSR count). The Labute approximate surface area is 122 Å². The Bertz CT molecular complexity index is 524. The maximum absolute atomic E-state index is 2.34. The minimum absolute atomic E-state index is 0.844. The molecule has 0 amide bonds. The van der Waals surface area contributed by atoms with Gasteiger partial charge in [0, 0.05) is 0 Å². The highest BCUT2D eigenvalue weighted by Gasteiger charge is 2.37. The fourth-order valence-electron chi connectivity index (χ4n) is 3.18. The maximum atomic E-state index is 2.34. The molecule has 0 spiro atoms. The third kappa shape index (κ3) is 3.12. The molecule has 1 aliphatic carbocycles. The summed E-state index contributed by atoms with van der Waals surface area (Å²) in [5.74, 6) is 1.81. The van der Waals surface area contributed by atoms with Crippen molar-refractivity contribution < 1.29 is 0 Å². The molecular formula is C20H24. The smallest absolute Gasteiger partial charge is 0.0131 e. The van der Waals surface area contributed by atoms with E-state index in [9.17, 15) is 0 Å². The first-order valence-electron chi connectivity index (χ1n) is 8.04. The summed E-state index contributed by atoms with van der Waals surface area (Å²) in [6.07, 6.45) is 6.99. The lowest BCUT2D eigenvalue weighted by Crippen LogP contribution is -1.85. The summed E-state index contributed by atoms with van der Waals surface area (Å²) in [6.45, 7) is 2.28. The summed E-state index contributed by atoms with van der Waals surface area (Å²) in [5, 5.41) is 0. The lowest BCUT2D eigenvalue weighted by atomic mass is 10.0. The zero-order chi connectivity index (χ0) is 13.8. The molecule has 104 valence electrons. The zero-order valence-electron chi connectivity index (χ0n) is 12.4. The highest BCUT2D eigenvalue weighted by atomic mass is 14.4. The Morgan fingerprint density at radius 3 is 2.25 bits per heavy atom. The molecule has 0 nitrogen and oxygen atoms in total. The van der Waals surface area contributed by atoms with E-state index in [0.29, 0.717) is 0 Å². The Hall–Kier alpha value is -1.56. The van der Waals surface area contributed by atoms with Gasteiger partial charge >= 0.3 is 0 Å². The van der Waals surface area contributed by atoms with Gasteiger partial charge in [-0.1, -0.05) is 80.8 Å². The van der Waals surface area contributed by atoms with Crippen LogP contribution in [-0.2, 0) is 0 Å². The summed E-state index contributed by atoms with van der Waals surface area (Å²) >= 11 is 0. The van der Waals surface area contributed by atoms with Gasteiger partial charge < -0.3 is 0 Å². The highest BCUT2D eigenvalue weighted by Crippen LogP contribution is 2.50. The average molecular weight is 264 g/mol. The Morgan fingerprint density at radius 1 is 0.850 bits per heavy atom. The van der Waals surface area contributed by atoms with Gasteiger partial charge in [0.1, 0.15) is 0 Å². The van der Waals surface area contributed by atoms with Crippen LogP contribution < -0.4 is 0 Å². The van der Waals surface area contributed by atoms with Gasteiger partial charge in [-0.25, -0.2) is 0 Å². The average Bonchev–Trinajstić information content (AvgIpc) is 3.28.